The molecule has 3 atom stereocenters. The van der Waals surface area contributed by atoms with Crippen molar-refractivity contribution in [3.8, 4) is 17.0 Å². The predicted molar refractivity (Wildman–Crippen MR) is 175 cm³/mol. The molecule has 2 aromatic rings. The van der Waals surface area contributed by atoms with Crippen molar-refractivity contribution in [2.75, 3.05) is 50.9 Å². The van der Waals surface area contributed by atoms with Gasteiger partial charge < -0.3 is 35.0 Å². The Balaban J connectivity index is 1.16. The fourth-order valence-electron chi connectivity index (χ4n) is 5.70. The predicted octanol–water partition coefficient (Wildman–Crippen LogP) is 3.88. The fraction of sp³-hybridized carbons (Fsp3) is 0.636. The lowest BCUT2D eigenvalue weighted by Gasteiger charge is -2.35. The van der Waals surface area contributed by atoms with Crippen molar-refractivity contribution in [2.24, 2.45) is 5.41 Å². The number of aliphatic hydroxyl groups is 1. The lowest BCUT2D eigenvalue weighted by atomic mass is 9.85. The Morgan fingerprint density at radius 3 is 2.53 bits per heavy atom. The number of carbonyl (C=O) groups excluding carboxylic acids is 3. The Morgan fingerprint density at radius 1 is 1.13 bits per heavy atom. The highest BCUT2D eigenvalue weighted by Crippen LogP contribution is 2.36. The molecule has 3 N–H and O–H groups in total. The van der Waals surface area contributed by atoms with Crippen molar-refractivity contribution < 1.29 is 37.7 Å². The molecule has 1 aromatic carbocycles. The van der Waals surface area contributed by atoms with E-state index in [1.165, 1.54) is 17.4 Å². The Morgan fingerprint density at radius 2 is 1.85 bits per heavy atom. The van der Waals surface area contributed by atoms with Crippen LogP contribution in [-0.4, -0.2) is 96.9 Å². The summed E-state index contributed by atoms with van der Waals surface area (Å²) in [6.45, 7) is 10.3. The number of β-amino-alcohol motifs (C(OH)–C–C–N with tert-alkyl or cyclic N) is 1. The van der Waals surface area contributed by atoms with Gasteiger partial charge >= 0.3 is 0 Å². The van der Waals surface area contributed by atoms with Gasteiger partial charge in [0, 0.05) is 49.6 Å². The number of hydrogen-bond acceptors (Lipinski definition) is 9. The Bertz CT molecular complexity index is 1380. The molecule has 3 heterocycles. The van der Waals surface area contributed by atoms with Crippen LogP contribution in [0.5, 0.6) is 5.75 Å². The van der Waals surface area contributed by atoms with E-state index in [9.17, 15) is 28.3 Å². The number of likely N-dealkylation sites (tertiary alicyclic amines) is 1. The first-order valence-corrected chi connectivity index (χ1v) is 17.2. The quantitative estimate of drug-likeness (QED) is 0.257. The molecule has 14 heteroatoms. The van der Waals surface area contributed by atoms with Crippen molar-refractivity contribution in [2.45, 2.75) is 84.4 Å². The lowest BCUT2D eigenvalue weighted by molar-refractivity contribution is -0.140. The van der Waals surface area contributed by atoms with Crippen LogP contribution in [0, 0.1) is 17.0 Å². The number of nitrogens with zero attached hydrogens (tertiary/aromatic N) is 3. The van der Waals surface area contributed by atoms with Crippen LogP contribution < -0.4 is 20.3 Å². The second-order valence-electron chi connectivity index (χ2n) is 13.3. The number of unbranched alkanes of at least 4 members (excludes halogenated alkanes) is 3. The number of hydrogen-bond donors (Lipinski definition) is 3. The van der Waals surface area contributed by atoms with Gasteiger partial charge in [-0.2, -0.15) is 4.39 Å². The molecule has 2 saturated heterocycles. The van der Waals surface area contributed by atoms with Crippen LogP contribution in [0.2, 0.25) is 0 Å². The van der Waals surface area contributed by atoms with Crippen molar-refractivity contribution in [1.82, 2.24) is 20.5 Å². The largest absolute Gasteiger partial charge is 0.480 e. The van der Waals surface area contributed by atoms with Gasteiger partial charge in [-0.05, 0) is 43.7 Å². The first-order valence-electron chi connectivity index (χ1n) is 16.3. The van der Waals surface area contributed by atoms with Gasteiger partial charge in [0.1, 0.15) is 6.04 Å². The van der Waals surface area contributed by atoms with Crippen LogP contribution in [-0.2, 0) is 19.1 Å². The number of benzene rings is 1. The molecule has 47 heavy (non-hydrogen) atoms. The maximum Gasteiger partial charge on any atom is 0.257 e. The van der Waals surface area contributed by atoms with Crippen LogP contribution in [0.1, 0.15) is 66.2 Å². The monoisotopic (exact) mass is 679 g/mol. The van der Waals surface area contributed by atoms with Crippen molar-refractivity contribution >= 4 is 34.2 Å². The summed E-state index contributed by atoms with van der Waals surface area (Å²) in [4.78, 5) is 46.6. The van der Waals surface area contributed by atoms with Gasteiger partial charge in [-0.25, -0.2) is 9.37 Å². The topological polar surface area (TPSA) is 133 Å². The van der Waals surface area contributed by atoms with Crippen LogP contribution in [0.15, 0.2) is 17.5 Å². The smallest absolute Gasteiger partial charge is 0.257 e. The average Bonchev–Trinajstić information content (AvgIpc) is 3.65. The number of aliphatic hydroxyl groups excluding tert-OH is 1. The van der Waals surface area contributed by atoms with Crippen LogP contribution >= 0.6 is 11.3 Å². The zero-order valence-electron chi connectivity index (χ0n) is 27.7. The van der Waals surface area contributed by atoms with E-state index < -0.39 is 41.7 Å². The molecular weight excluding hydrogens is 632 g/mol. The van der Waals surface area contributed by atoms with Crippen molar-refractivity contribution in [1.29, 1.82) is 0 Å². The molecule has 11 nitrogen and oxygen atoms in total. The highest BCUT2D eigenvalue weighted by Gasteiger charge is 2.40. The molecule has 4 rings (SSSR count). The highest BCUT2D eigenvalue weighted by atomic mass is 32.1. The summed E-state index contributed by atoms with van der Waals surface area (Å²) in [5.41, 5.74) is 0.206. The molecule has 2 fully saturated rings. The third kappa shape index (κ3) is 10.1. The normalized spacial score (nSPS) is 19.0. The number of anilines is 1. The second-order valence-corrected chi connectivity index (χ2v) is 14.1. The van der Waals surface area contributed by atoms with Gasteiger partial charge in [-0.1, -0.05) is 33.6 Å². The van der Waals surface area contributed by atoms with E-state index in [2.05, 4.69) is 20.5 Å². The summed E-state index contributed by atoms with van der Waals surface area (Å²) >= 11 is 1.39. The van der Waals surface area contributed by atoms with E-state index in [1.807, 2.05) is 27.7 Å². The molecule has 0 bridgehead atoms. The van der Waals surface area contributed by atoms with Gasteiger partial charge in [0.05, 0.1) is 25.0 Å². The summed E-state index contributed by atoms with van der Waals surface area (Å²) in [6, 6.07) is 1.64. The van der Waals surface area contributed by atoms with E-state index in [0.29, 0.717) is 57.8 Å². The van der Waals surface area contributed by atoms with Gasteiger partial charge in [-0.15, -0.1) is 11.3 Å². The van der Waals surface area contributed by atoms with Gasteiger partial charge in [0.15, 0.2) is 23.3 Å². The number of halogens is 2. The van der Waals surface area contributed by atoms with Crippen LogP contribution in [0.25, 0.3) is 11.3 Å². The van der Waals surface area contributed by atoms with Gasteiger partial charge in [0.25, 0.3) is 5.91 Å². The van der Waals surface area contributed by atoms with E-state index in [-0.39, 0.29) is 42.1 Å². The molecule has 1 aromatic heterocycles. The Labute approximate surface area is 279 Å². The third-order valence-corrected chi connectivity index (χ3v) is 9.26. The number of amides is 3. The minimum atomic E-state index is -1.18. The average molecular weight is 680 g/mol. The molecule has 0 spiro atoms. The first kappa shape index (κ1) is 36.5. The van der Waals surface area contributed by atoms with E-state index in [0.717, 1.165) is 24.0 Å². The number of aromatic nitrogens is 1. The maximum absolute atomic E-state index is 14.8. The Kier molecular flexibility index (Phi) is 12.9. The number of rotatable bonds is 14. The number of thiazole rings is 1. The Hall–Kier alpha value is -3.36. The summed E-state index contributed by atoms with van der Waals surface area (Å²) in [7, 11) is 0. The molecule has 260 valence electrons. The highest BCUT2D eigenvalue weighted by molar-refractivity contribution is 7.14. The molecule has 0 unspecified atom stereocenters. The van der Waals surface area contributed by atoms with Crippen molar-refractivity contribution in [3.05, 3.63) is 29.1 Å². The molecule has 3 amide bonds. The van der Waals surface area contributed by atoms with Crippen LogP contribution in [0.4, 0.5) is 13.9 Å². The number of carbonyl (C=O) groups is 3. The zero-order chi connectivity index (χ0) is 34.1. The summed E-state index contributed by atoms with van der Waals surface area (Å²) in [5.74, 6) is -3.46. The number of morpholine rings is 1. The molecule has 2 aliphatic heterocycles. The first-order chi connectivity index (χ1) is 22.3. The number of ether oxygens (including phenoxy) is 2. The summed E-state index contributed by atoms with van der Waals surface area (Å²) in [6.07, 6.45) is 3.05. The lowest BCUT2D eigenvalue weighted by Crippen LogP contribution is -2.55. The summed E-state index contributed by atoms with van der Waals surface area (Å²) < 4.78 is 39.7. The van der Waals surface area contributed by atoms with Crippen LogP contribution in [0.3, 0.4) is 0 Å². The standard InChI is InChI=1S/C33H47F2N5O6S/c1-21-17-22(41)18-40(21)31(44)30(33(2,3)4)38-26(42)9-7-5-6-8-12-36-27(43)19-46-29-23(10-11-24(34)28(29)35)25-20-47-32(37-25)39-13-15-45-16-14-39/h10-11,20-22,30,41H,5-9,12-19H2,1-4H3,(H,36,43)(H,38,42)/t21-,22-,30-/m1/s1. The second kappa shape index (κ2) is 16.6. The summed E-state index contributed by atoms with van der Waals surface area (Å²) in [5, 5.41) is 18.1. The van der Waals surface area contributed by atoms with Gasteiger partial charge in [-0.3, -0.25) is 14.4 Å². The minimum absolute atomic E-state index is 0.0796. The molecular formula is C33H47F2N5O6S. The van der Waals surface area contributed by atoms with Crippen molar-refractivity contribution in [3.63, 3.8) is 0 Å². The molecule has 0 radical (unpaired) electrons. The minimum Gasteiger partial charge on any atom is -0.480 e. The molecule has 2 aliphatic rings. The van der Waals surface area contributed by atoms with E-state index in [4.69, 9.17) is 9.47 Å². The van der Waals surface area contributed by atoms with Gasteiger partial charge in [0.2, 0.25) is 17.6 Å². The third-order valence-electron chi connectivity index (χ3n) is 8.35. The zero-order valence-corrected chi connectivity index (χ0v) is 28.5. The molecule has 0 saturated carbocycles. The fourth-order valence-corrected chi connectivity index (χ4v) is 6.58. The number of nitrogens with one attached hydrogen (secondary N) is 2. The van der Waals surface area contributed by atoms with E-state index >= 15 is 0 Å². The SMILES string of the molecule is C[C@@H]1C[C@@H](O)CN1C(=O)[C@@H](NC(=O)CCCCCCNC(=O)COc1c(-c2csc(N3CCOCC3)n2)ccc(F)c1F)C(C)(C)C. The molecule has 0 aliphatic carbocycles. The maximum atomic E-state index is 14.8. The van der Waals surface area contributed by atoms with E-state index in [1.54, 1.807) is 10.3 Å².